The van der Waals surface area contributed by atoms with Gasteiger partial charge in [0, 0.05) is 5.56 Å². The third kappa shape index (κ3) is 3.18. The zero-order chi connectivity index (χ0) is 17.5. The topological polar surface area (TPSA) is 89.8 Å². The average molecular weight is 382 g/mol. The molecule has 0 saturated heterocycles. The predicted octanol–water partition coefficient (Wildman–Crippen LogP) is 2.40. The van der Waals surface area contributed by atoms with E-state index in [4.69, 9.17) is 16.7 Å². The van der Waals surface area contributed by atoms with Gasteiger partial charge in [0.15, 0.2) is 0 Å². The van der Waals surface area contributed by atoms with Crippen molar-refractivity contribution in [1.29, 1.82) is 0 Å². The highest BCUT2D eigenvalue weighted by Gasteiger charge is 2.27. The molecule has 0 radical (unpaired) electrons. The van der Waals surface area contributed by atoms with Crippen molar-refractivity contribution in [1.82, 2.24) is 10.2 Å². The summed E-state index contributed by atoms with van der Waals surface area (Å²) < 4.78 is 24.6. The maximum absolute atomic E-state index is 11.5. The van der Waals surface area contributed by atoms with Crippen LogP contribution in [0.25, 0.3) is 16.4 Å². The summed E-state index contributed by atoms with van der Waals surface area (Å²) in [7, 11) is -3.89. The molecule has 1 aromatic carbocycles. The standard InChI is InChI=1S/C15H14ClN4O2S2/c1-9-7-10(2)20(14-18-19-15(23-14)24(17,21)22)13(8-9)11-5-3-4-6-12(11)16/h3-8H,1-2H3,(H2,17,21,22)/q+1. The molecule has 24 heavy (non-hydrogen) atoms. The molecule has 0 saturated carbocycles. The number of rotatable bonds is 3. The zero-order valence-corrected chi connectivity index (χ0v) is 15.3. The third-order valence-corrected chi connectivity index (χ3v) is 5.92. The van der Waals surface area contributed by atoms with Crippen molar-refractivity contribution in [2.24, 2.45) is 5.14 Å². The number of nitrogens with zero attached hydrogens (tertiary/aromatic N) is 3. The number of hydrogen-bond acceptors (Lipinski definition) is 5. The third-order valence-electron chi connectivity index (χ3n) is 3.37. The van der Waals surface area contributed by atoms with E-state index in [0.29, 0.717) is 10.2 Å². The van der Waals surface area contributed by atoms with Crippen LogP contribution in [0.5, 0.6) is 0 Å². The number of sulfonamides is 1. The molecule has 0 aliphatic carbocycles. The predicted molar refractivity (Wildman–Crippen MR) is 92.7 cm³/mol. The van der Waals surface area contributed by atoms with Gasteiger partial charge in [-0.25, -0.2) is 13.6 Å². The van der Waals surface area contributed by atoms with Crippen molar-refractivity contribution in [2.75, 3.05) is 0 Å². The lowest BCUT2D eigenvalue weighted by Crippen LogP contribution is -2.37. The van der Waals surface area contributed by atoms with Gasteiger partial charge >= 0.3 is 5.13 Å². The molecule has 0 amide bonds. The van der Waals surface area contributed by atoms with Gasteiger partial charge in [-0.3, -0.25) is 0 Å². The number of halogens is 1. The minimum atomic E-state index is -3.89. The lowest BCUT2D eigenvalue weighted by atomic mass is 10.1. The Morgan fingerprint density at radius 1 is 1.17 bits per heavy atom. The van der Waals surface area contributed by atoms with Crippen molar-refractivity contribution in [3.8, 4) is 16.4 Å². The van der Waals surface area contributed by atoms with Crippen molar-refractivity contribution in [3.63, 3.8) is 0 Å². The first kappa shape index (κ1) is 17.0. The van der Waals surface area contributed by atoms with E-state index in [1.54, 1.807) is 6.07 Å². The highest BCUT2D eigenvalue weighted by atomic mass is 35.5. The summed E-state index contributed by atoms with van der Waals surface area (Å²) in [6, 6.07) is 11.4. The summed E-state index contributed by atoms with van der Waals surface area (Å²) in [6.45, 7) is 3.89. The van der Waals surface area contributed by atoms with Crippen LogP contribution < -0.4 is 9.71 Å². The molecule has 9 heteroatoms. The van der Waals surface area contributed by atoms with Crippen LogP contribution in [0.15, 0.2) is 40.7 Å². The average Bonchev–Trinajstić information content (AvgIpc) is 2.96. The van der Waals surface area contributed by atoms with Crippen molar-refractivity contribution < 1.29 is 13.0 Å². The van der Waals surface area contributed by atoms with Crippen LogP contribution >= 0.6 is 22.9 Å². The molecule has 3 rings (SSSR count). The van der Waals surface area contributed by atoms with Gasteiger partial charge in [0.1, 0.15) is 11.4 Å². The Bertz CT molecular complexity index is 1030. The molecular weight excluding hydrogens is 368 g/mol. The van der Waals surface area contributed by atoms with E-state index in [1.807, 2.05) is 48.7 Å². The molecule has 3 aromatic rings. The van der Waals surface area contributed by atoms with Gasteiger partial charge in [-0.2, -0.15) is 4.57 Å². The van der Waals surface area contributed by atoms with Crippen LogP contribution in [0.1, 0.15) is 11.3 Å². The first-order valence-corrected chi connectivity index (χ1v) is 9.66. The minimum absolute atomic E-state index is 0.227. The minimum Gasteiger partial charge on any atom is -0.222 e. The van der Waals surface area contributed by atoms with E-state index >= 15 is 0 Å². The fraction of sp³-hybridized carbons (Fsp3) is 0.133. The van der Waals surface area contributed by atoms with Gasteiger partial charge in [0.25, 0.3) is 14.4 Å². The first-order valence-electron chi connectivity index (χ1n) is 6.92. The molecule has 0 fully saturated rings. The van der Waals surface area contributed by atoms with E-state index in [-0.39, 0.29) is 4.34 Å². The molecule has 2 N–H and O–H groups in total. The Labute approximate surface area is 148 Å². The normalized spacial score (nSPS) is 11.7. The number of benzene rings is 1. The smallest absolute Gasteiger partial charge is 0.222 e. The molecule has 2 heterocycles. The molecule has 2 aromatic heterocycles. The Kier molecular flexibility index (Phi) is 4.39. The van der Waals surface area contributed by atoms with E-state index in [2.05, 4.69) is 10.2 Å². The highest BCUT2D eigenvalue weighted by molar-refractivity contribution is 7.91. The molecule has 0 unspecified atom stereocenters. The summed E-state index contributed by atoms with van der Waals surface area (Å²) in [5.41, 5.74) is 3.55. The second-order valence-electron chi connectivity index (χ2n) is 5.27. The van der Waals surface area contributed by atoms with Gasteiger partial charge in [0.05, 0.1) is 10.1 Å². The lowest BCUT2D eigenvalue weighted by Gasteiger charge is -2.10. The Balaban J connectivity index is 2.29. The summed E-state index contributed by atoms with van der Waals surface area (Å²) in [6.07, 6.45) is 0. The van der Waals surface area contributed by atoms with Gasteiger partial charge in [-0.1, -0.05) is 23.7 Å². The summed E-state index contributed by atoms with van der Waals surface area (Å²) >= 11 is 7.25. The molecule has 0 atom stereocenters. The van der Waals surface area contributed by atoms with Crippen LogP contribution in [-0.2, 0) is 10.0 Å². The Hall–Kier alpha value is -1.87. The number of aryl methyl sites for hydroxylation is 2. The van der Waals surface area contributed by atoms with Crippen molar-refractivity contribution in [2.45, 2.75) is 18.2 Å². The number of primary sulfonamides is 1. The maximum Gasteiger partial charge on any atom is 0.416 e. The van der Waals surface area contributed by atoms with E-state index in [0.717, 1.165) is 33.9 Å². The summed E-state index contributed by atoms with van der Waals surface area (Å²) in [5, 5.41) is 13.8. The number of hydrogen-bond donors (Lipinski definition) is 1. The quantitative estimate of drug-likeness (QED) is 0.705. The number of pyridine rings is 1. The fourth-order valence-corrected chi connectivity index (χ4v) is 4.16. The van der Waals surface area contributed by atoms with Gasteiger partial charge in [-0.05, 0) is 60.1 Å². The maximum atomic E-state index is 11.5. The Morgan fingerprint density at radius 3 is 2.50 bits per heavy atom. The molecule has 0 aliphatic heterocycles. The van der Waals surface area contributed by atoms with Gasteiger partial charge < -0.3 is 0 Å². The number of aromatic nitrogens is 3. The van der Waals surface area contributed by atoms with Crippen LogP contribution in [0.2, 0.25) is 5.02 Å². The molecule has 6 nitrogen and oxygen atoms in total. The molecule has 0 bridgehead atoms. The highest BCUT2D eigenvalue weighted by Crippen LogP contribution is 2.28. The van der Waals surface area contributed by atoms with Crippen LogP contribution in [0.4, 0.5) is 0 Å². The monoisotopic (exact) mass is 381 g/mol. The van der Waals surface area contributed by atoms with Gasteiger partial charge in [-0.15, -0.1) is 0 Å². The second kappa shape index (κ2) is 6.21. The van der Waals surface area contributed by atoms with Crippen LogP contribution in [0, 0.1) is 13.8 Å². The van der Waals surface area contributed by atoms with E-state index < -0.39 is 10.0 Å². The van der Waals surface area contributed by atoms with E-state index in [1.165, 1.54) is 0 Å². The van der Waals surface area contributed by atoms with E-state index in [9.17, 15) is 8.42 Å². The van der Waals surface area contributed by atoms with Crippen molar-refractivity contribution >= 4 is 33.0 Å². The summed E-state index contributed by atoms with van der Waals surface area (Å²) in [5.74, 6) is 0. The van der Waals surface area contributed by atoms with Crippen molar-refractivity contribution in [3.05, 3.63) is 52.7 Å². The SMILES string of the molecule is Cc1cc(C)[n+](-c2nnc(S(N)(=O)=O)s2)c(-c2ccccc2Cl)c1. The lowest BCUT2D eigenvalue weighted by molar-refractivity contribution is -0.591. The number of nitrogens with two attached hydrogens (primary N) is 1. The zero-order valence-electron chi connectivity index (χ0n) is 12.9. The second-order valence-corrected chi connectivity index (χ2v) is 8.37. The first-order chi connectivity index (χ1) is 11.3. The largest absolute Gasteiger partial charge is 0.416 e. The molecule has 0 aliphatic rings. The molecular formula is C15H14ClN4O2S2+. The summed E-state index contributed by atoms with van der Waals surface area (Å²) in [4.78, 5) is 0. The van der Waals surface area contributed by atoms with Crippen LogP contribution in [-0.4, -0.2) is 18.6 Å². The fourth-order valence-electron chi connectivity index (χ4n) is 2.43. The molecule has 0 spiro atoms. The molecule has 124 valence electrons. The van der Waals surface area contributed by atoms with Gasteiger partial charge in [0.2, 0.25) is 0 Å². The Morgan fingerprint density at radius 2 is 1.88 bits per heavy atom. The van der Waals surface area contributed by atoms with Crippen LogP contribution in [0.3, 0.4) is 0 Å².